The van der Waals surface area contributed by atoms with Crippen molar-refractivity contribution in [2.45, 2.75) is 46.1 Å². The summed E-state index contributed by atoms with van der Waals surface area (Å²) in [6.07, 6.45) is 0.344. The van der Waals surface area contributed by atoms with Gasteiger partial charge in [0.1, 0.15) is 18.3 Å². The molecule has 3 atom stereocenters. The molecule has 3 rings (SSSR count). The second kappa shape index (κ2) is 10.9. The van der Waals surface area contributed by atoms with Gasteiger partial charge >= 0.3 is 11.9 Å². The maximum atomic E-state index is 13.8. The van der Waals surface area contributed by atoms with E-state index in [1.807, 2.05) is 45.0 Å². The molecule has 0 bridgehead atoms. The number of hydrogen-bond acceptors (Lipinski definition) is 8. The van der Waals surface area contributed by atoms with E-state index < -0.39 is 23.8 Å². The van der Waals surface area contributed by atoms with Gasteiger partial charge in [0.2, 0.25) is 0 Å². The summed E-state index contributed by atoms with van der Waals surface area (Å²) in [4.78, 5) is 39.6. The summed E-state index contributed by atoms with van der Waals surface area (Å²) in [7, 11) is 2.80. The van der Waals surface area contributed by atoms with Crippen LogP contribution in [0.3, 0.4) is 0 Å². The van der Waals surface area contributed by atoms with Gasteiger partial charge in [0.15, 0.2) is 5.78 Å². The number of dihydropyridines is 1. The molecule has 0 amide bonds. The van der Waals surface area contributed by atoms with Crippen LogP contribution in [-0.4, -0.2) is 51.3 Å². The minimum absolute atomic E-state index is 0.0741. The molecule has 1 heterocycles. The number of rotatable bonds is 8. The molecule has 1 N–H and O–H groups in total. The highest BCUT2D eigenvalue weighted by Gasteiger charge is 2.47. The van der Waals surface area contributed by atoms with Crippen LogP contribution in [0.1, 0.15) is 45.6 Å². The minimum atomic E-state index is -0.949. The fourth-order valence-electron chi connectivity index (χ4n) is 4.64. The van der Waals surface area contributed by atoms with Crippen LogP contribution in [-0.2, 0) is 28.6 Å². The van der Waals surface area contributed by atoms with E-state index in [-0.39, 0.29) is 31.0 Å². The molecule has 1 aromatic rings. The van der Waals surface area contributed by atoms with E-state index in [2.05, 4.69) is 5.32 Å². The Morgan fingerprint density at radius 1 is 1.15 bits per heavy atom. The first-order chi connectivity index (χ1) is 16.2. The van der Waals surface area contributed by atoms with Crippen LogP contribution < -0.4 is 10.1 Å². The van der Waals surface area contributed by atoms with Crippen molar-refractivity contribution in [3.63, 3.8) is 0 Å². The number of nitrogens with one attached hydrogen (secondary N) is 1. The predicted molar refractivity (Wildman–Crippen MR) is 125 cm³/mol. The number of hydrogen-bond donors (Lipinski definition) is 1. The Labute approximate surface area is 200 Å². The number of allylic oxidation sites excluding steroid dienone is 3. The third-order valence-electron chi connectivity index (χ3n) is 6.08. The molecular weight excluding hydrogens is 438 g/mol. The number of Topliss-reactive ketones (excluding diaryl/α,β-unsaturated/α-hetero) is 1. The van der Waals surface area contributed by atoms with E-state index in [1.165, 1.54) is 14.2 Å². The molecule has 1 aliphatic heterocycles. The lowest BCUT2D eigenvalue weighted by atomic mass is 9.69. The summed E-state index contributed by atoms with van der Waals surface area (Å²) in [5, 5.41) is 3.25. The molecule has 0 aromatic heterocycles. The summed E-state index contributed by atoms with van der Waals surface area (Å²) in [6.45, 7) is 7.78. The lowest BCUT2D eigenvalue weighted by molar-refractivity contribution is -0.151. The minimum Gasteiger partial charge on any atom is -0.491 e. The Balaban J connectivity index is 2.18. The number of ketones is 1. The van der Waals surface area contributed by atoms with Crippen molar-refractivity contribution in [3.05, 3.63) is 52.4 Å². The summed E-state index contributed by atoms with van der Waals surface area (Å²) in [6, 6.07) is 7.33. The second-order valence-corrected chi connectivity index (χ2v) is 8.87. The van der Waals surface area contributed by atoms with Crippen LogP contribution in [0.5, 0.6) is 5.75 Å². The summed E-state index contributed by atoms with van der Waals surface area (Å²) >= 11 is 0. The van der Waals surface area contributed by atoms with Crippen molar-refractivity contribution in [1.82, 2.24) is 5.32 Å². The fourth-order valence-corrected chi connectivity index (χ4v) is 4.64. The van der Waals surface area contributed by atoms with Crippen LogP contribution >= 0.6 is 0 Å². The highest BCUT2D eigenvalue weighted by molar-refractivity contribution is 6.12. The molecule has 0 saturated heterocycles. The highest BCUT2D eigenvalue weighted by Crippen LogP contribution is 2.47. The molecule has 0 spiro atoms. The van der Waals surface area contributed by atoms with Gasteiger partial charge in [-0.2, -0.15) is 0 Å². The number of para-hydroxylation sites is 1. The lowest BCUT2D eigenvalue weighted by Gasteiger charge is -2.38. The Bertz CT molecular complexity index is 1020. The van der Waals surface area contributed by atoms with Gasteiger partial charge in [0, 0.05) is 29.6 Å². The van der Waals surface area contributed by atoms with Crippen LogP contribution in [0.25, 0.3) is 0 Å². The summed E-state index contributed by atoms with van der Waals surface area (Å²) in [5.41, 5.74) is 2.64. The smallest absolute Gasteiger partial charge is 0.336 e. The van der Waals surface area contributed by atoms with Crippen LogP contribution in [0.2, 0.25) is 0 Å². The monoisotopic (exact) mass is 471 g/mol. The molecule has 0 saturated carbocycles. The molecule has 184 valence electrons. The number of esters is 2. The van der Waals surface area contributed by atoms with Crippen molar-refractivity contribution in [2.75, 3.05) is 27.4 Å². The molecule has 1 aliphatic carbocycles. The van der Waals surface area contributed by atoms with Gasteiger partial charge in [0.05, 0.1) is 31.3 Å². The molecule has 0 unspecified atom stereocenters. The average Bonchev–Trinajstić information content (AvgIpc) is 2.78. The number of carbonyl (C=O) groups is 3. The van der Waals surface area contributed by atoms with E-state index in [9.17, 15) is 14.4 Å². The zero-order valence-corrected chi connectivity index (χ0v) is 20.6. The van der Waals surface area contributed by atoms with Crippen LogP contribution in [0.4, 0.5) is 0 Å². The fraction of sp³-hybridized carbons (Fsp3) is 0.500. The second-order valence-electron chi connectivity index (χ2n) is 8.87. The van der Waals surface area contributed by atoms with Gasteiger partial charge in [-0.05, 0) is 39.2 Å². The van der Waals surface area contributed by atoms with Crippen molar-refractivity contribution < 1.29 is 33.3 Å². The quantitative estimate of drug-likeness (QED) is 0.350. The molecule has 34 heavy (non-hydrogen) atoms. The maximum Gasteiger partial charge on any atom is 0.336 e. The first kappa shape index (κ1) is 25.5. The third kappa shape index (κ3) is 5.01. The Kier molecular flexibility index (Phi) is 8.15. The lowest BCUT2D eigenvalue weighted by Crippen LogP contribution is -2.43. The van der Waals surface area contributed by atoms with E-state index in [4.69, 9.17) is 18.9 Å². The van der Waals surface area contributed by atoms with Crippen molar-refractivity contribution in [2.24, 2.45) is 11.8 Å². The molecule has 0 fully saturated rings. The zero-order chi connectivity index (χ0) is 25.0. The summed E-state index contributed by atoms with van der Waals surface area (Å²) < 4.78 is 21.5. The van der Waals surface area contributed by atoms with E-state index in [1.54, 1.807) is 6.92 Å². The van der Waals surface area contributed by atoms with Gasteiger partial charge in [-0.15, -0.1) is 0 Å². The van der Waals surface area contributed by atoms with Crippen molar-refractivity contribution in [3.8, 4) is 5.75 Å². The Morgan fingerprint density at radius 3 is 2.50 bits per heavy atom. The van der Waals surface area contributed by atoms with Gasteiger partial charge in [-0.3, -0.25) is 9.59 Å². The number of benzene rings is 1. The number of carbonyl (C=O) groups excluding carboxylic acids is 3. The first-order valence-corrected chi connectivity index (χ1v) is 11.5. The van der Waals surface area contributed by atoms with E-state index in [0.29, 0.717) is 40.3 Å². The molecule has 1 aromatic carbocycles. The SMILES string of the molecule is COCCOC(=O)C1=C(C)NC2=C(C(=O)[C@H](C(=O)OC)[C@H](C)C2)[C@@H]1c1ccccc1OC(C)C. The van der Waals surface area contributed by atoms with Crippen molar-refractivity contribution in [1.29, 1.82) is 0 Å². The Morgan fingerprint density at radius 2 is 1.85 bits per heavy atom. The van der Waals surface area contributed by atoms with Crippen LogP contribution in [0.15, 0.2) is 46.8 Å². The van der Waals surface area contributed by atoms with Gasteiger partial charge < -0.3 is 24.3 Å². The van der Waals surface area contributed by atoms with Crippen LogP contribution in [0, 0.1) is 11.8 Å². The topological polar surface area (TPSA) is 100 Å². The molecule has 8 nitrogen and oxygen atoms in total. The van der Waals surface area contributed by atoms with Gasteiger partial charge in [-0.1, -0.05) is 25.1 Å². The average molecular weight is 472 g/mol. The largest absolute Gasteiger partial charge is 0.491 e. The third-order valence-corrected chi connectivity index (χ3v) is 6.08. The normalized spacial score (nSPS) is 22.3. The molecule has 8 heteroatoms. The number of ether oxygens (including phenoxy) is 4. The first-order valence-electron chi connectivity index (χ1n) is 11.5. The van der Waals surface area contributed by atoms with Gasteiger partial charge in [-0.25, -0.2) is 4.79 Å². The molecule has 2 aliphatic rings. The highest BCUT2D eigenvalue weighted by atomic mass is 16.6. The zero-order valence-electron chi connectivity index (χ0n) is 20.6. The number of methoxy groups -OCH3 is 2. The molecular formula is C26H33NO7. The van der Waals surface area contributed by atoms with Gasteiger partial charge in [0.25, 0.3) is 0 Å². The predicted octanol–water partition coefficient (Wildman–Crippen LogP) is 3.28. The maximum absolute atomic E-state index is 13.8. The Hall–Kier alpha value is -3.13. The standard InChI is InChI=1S/C26H33NO7/c1-14(2)34-19-10-8-7-9-17(19)22-21(26(30)33-12-11-31-5)16(4)27-18-13-15(3)20(25(29)32-6)24(28)23(18)22/h7-10,14-15,20,22,27H,11-13H2,1-6H3/t15-,20-,22-/m1/s1. The van der Waals surface area contributed by atoms with E-state index >= 15 is 0 Å². The molecule has 0 radical (unpaired) electrons. The van der Waals surface area contributed by atoms with E-state index in [0.717, 1.165) is 0 Å². The summed E-state index contributed by atoms with van der Waals surface area (Å²) in [5.74, 6) is -2.88. The van der Waals surface area contributed by atoms with Crippen molar-refractivity contribution >= 4 is 17.7 Å².